The molecule has 1 aliphatic heterocycles. The highest BCUT2D eigenvalue weighted by Crippen LogP contribution is 2.21. The average molecular weight is 432 g/mol. The highest BCUT2D eigenvalue weighted by molar-refractivity contribution is 7.89. The summed E-state index contributed by atoms with van der Waals surface area (Å²) in [5.74, 6) is 0.0669. The number of amides is 1. The number of nitrogens with zero attached hydrogens (tertiary/aromatic N) is 1. The van der Waals surface area contributed by atoms with Crippen molar-refractivity contribution < 1.29 is 27.5 Å². The van der Waals surface area contributed by atoms with Crippen LogP contribution >= 0.6 is 0 Å². The van der Waals surface area contributed by atoms with Crippen LogP contribution in [0, 0.1) is 0 Å². The molecule has 1 saturated heterocycles. The van der Waals surface area contributed by atoms with E-state index in [1.54, 1.807) is 43.3 Å². The summed E-state index contributed by atoms with van der Waals surface area (Å²) in [6, 6.07) is 12.7. The van der Waals surface area contributed by atoms with Crippen LogP contribution in [0.5, 0.6) is 5.75 Å². The second kappa shape index (κ2) is 9.84. The fourth-order valence-electron chi connectivity index (χ4n) is 2.96. The molecule has 1 fully saturated rings. The number of morpholine rings is 1. The molecule has 3 rings (SSSR count). The van der Waals surface area contributed by atoms with E-state index in [0.29, 0.717) is 49.7 Å². The van der Waals surface area contributed by atoms with Crippen molar-refractivity contribution in [3.05, 3.63) is 54.1 Å². The number of nitrogens with one attached hydrogen (secondary N) is 1. The molecule has 2 aromatic rings. The zero-order valence-corrected chi connectivity index (χ0v) is 17.5. The quantitative estimate of drug-likeness (QED) is 0.643. The molecule has 160 valence electrons. The molecule has 30 heavy (non-hydrogen) atoms. The van der Waals surface area contributed by atoms with Gasteiger partial charge in [0.25, 0.3) is 5.91 Å². The van der Waals surface area contributed by atoms with E-state index >= 15 is 0 Å². The summed E-state index contributed by atoms with van der Waals surface area (Å²) in [4.78, 5) is 23.9. The van der Waals surface area contributed by atoms with Crippen molar-refractivity contribution >= 4 is 27.4 Å². The van der Waals surface area contributed by atoms with Gasteiger partial charge in [0, 0.05) is 30.8 Å². The Morgan fingerprint density at radius 2 is 1.80 bits per heavy atom. The number of anilines is 1. The van der Waals surface area contributed by atoms with Crippen molar-refractivity contribution in [2.45, 2.75) is 18.2 Å². The lowest BCUT2D eigenvalue weighted by molar-refractivity contribution is -0.118. The van der Waals surface area contributed by atoms with E-state index in [0.717, 1.165) is 0 Å². The summed E-state index contributed by atoms with van der Waals surface area (Å²) in [5, 5.41) is 2.64. The number of sulfonamides is 1. The number of ether oxygens (including phenoxy) is 2. The highest BCUT2D eigenvalue weighted by atomic mass is 32.2. The molecular weight excluding hydrogens is 408 g/mol. The number of carbonyl (C=O) groups excluding carboxylic acids is 2. The molecule has 8 nitrogen and oxygen atoms in total. The van der Waals surface area contributed by atoms with Crippen molar-refractivity contribution in [1.29, 1.82) is 0 Å². The van der Waals surface area contributed by atoms with E-state index in [1.807, 2.05) is 0 Å². The molecule has 1 heterocycles. The molecule has 2 aromatic carbocycles. The molecule has 9 heteroatoms. The second-order valence-electron chi connectivity index (χ2n) is 6.68. The molecule has 0 aromatic heterocycles. The normalized spacial score (nSPS) is 14.8. The molecular formula is C21H24N2O6S. The number of benzene rings is 2. The molecule has 0 unspecified atom stereocenters. The van der Waals surface area contributed by atoms with E-state index in [4.69, 9.17) is 9.47 Å². The summed E-state index contributed by atoms with van der Waals surface area (Å²) < 4.78 is 37.5. The van der Waals surface area contributed by atoms with E-state index < -0.39 is 15.9 Å². The summed E-state index contributed by atoms with van der Waals surface area (Å²) in [5.41, 5.74) is 0.953. The Morgan fingerprint density at radius 1 is 1.10 bits per heavy atom. The van der Waals surface area contributed by atoms with Gasteiger partial charge in [0.2, 0.25) is 10.0 Å². The van der Waals surface area contributed by atoms with Gasteiger partial charge in [0.1, 0.15) is 5.75 Å². The lowest BCUT2D eigenvalue weighted by atomic mass is 10.1. The molecule has 1 aliphatic rings. The fraction of sp³-hybridized carbons (Fsp3) is 0.333. The first kappa shape index (κ1) is 21.9. The maximum atomic E-state index is 12.7. The number of carbonyl (C=O) groups is 2. The minimum atomic E-state index is -3.65. The van der Waals surface area contributed by atoms with Gasteiger partial charge in [-0.25, -0.2) is 8.42 Å². The monoisotopic (exact) mass is 432 g/mol. The summed E-state index contributed by atoms with van der Waals surface area (Å²) >= 11 is 0. The largest absolute Gasteiger partial charge is 0.484 e. The zero-order valence-electron chi connectivity index (χ0n) is 16.7. The molecule has 0 radical (unpaired) electrons. The first-order chi connectivity index (χ1) is 14.4. The Balaban J connectivity index is 1.59. The topological polar surface area (TPSA) is 102 Å². The average Bonchev–Trinajstić information content (AvgIpc) is 2.78. The van der Waals surface area contributed by atoms with Gasteiger partial charge in [-0.3, -0.25) is 9.59 Å². The fourth-order valence-corrected chi connectivity index (χ4v) is 4.41. The predicted molar refractivity (Wildman–Crippen MR) is 111 cm³/mol. The lowest BCUT2D eigenvalue weighted by Gasteiger charge is -2.26. The zero-order chi connectivity index (χ0) is 21.6. The van der Waals surface area contributed by atoms with Crippen LogP contribution in [-0.2, 0) is 19.6 Å². The third-order valence-electron chi connectivity index (χ3n) is 4.59. The molecule has 1 N–H and O–H groups in total. The first-order valence-corrected chi connectivity index (χ1v) is 11.1. The number of Topliss-reactive ketones (excluding diaryl/α,β-unsaturated/α-hetero) is 1. The maximum absolute atomic E-state index is 12.7. The Kier molecular flexibility index (Phi) is 7.20. The molecule has 0 atom stereocenters. The van der Waals surface area contributed by atoms with Crippen molar-refractivity contribution in [3.63, 3.8) is 0 Å². The molecule has 0 spiro atoms. The molecule has 1 amide bonds. The van der Waals surface area contributed by atoms with Crippen LogP contribution in [0.3, 0.4) is 0 Å². The van der Waals surface area contributed by atoms with Crippen molar-refractivity contribution in [3.8, 4) is 5.75 Å². The van der Waals surface area contributed by atoms with Gasteiger partial charge >= 0.3 is 0 Å². The Bertz CT molecular complexity index is 998. The first-order valence-electron chi connectivity index (χ1n) is 9.64. The van der Waals surface area contributed by atoms with Gasteiger partial charge in [-0.2, -0.15) is 4.31 Å². The van der Waals surface area contributed by atoms with Crippen molar-refractivity contribution in [1.82, 2.24) is 4.31 Å². The van der Waals surface area contributed by atoms with Gasteiger partial charge in [-0.15, -0.1) is 0 Å². The predicted octanol–water partition coefficient (Wildman–Crippen LogP) is 2.32. The number of hydrogen-bond donors (Lipinski definition) is 1. The van der Waals surface area contributed by atoms with E-state index in [9.17, 15) is 18.0 Å². The van der Waals surface area contributed by atoms with Gasteiger partial charge in [0.15, 0.2) is 12.4 Å². The highest BCUT2D eigenvalue weighted by Gasteiger charge is 2.26. The van der Waals surface area contributed by atoms with Gasteiger partial charge < -0.3 is 14.8 Å². The number of ketones is 1. The Morgan fingerprint density at radius 3 is 2.47 bits per heavy atom. The summed E-state index contributed by atoms with van der Waals surface area (Å²) in [6.07, 6.45) is 0.420. The van der Waals surface area contributed by atoms with Crippen LogP contribution in [0.2, 0.25) is 0 Å². The Hall–Kier alpha value is -2.75. The number of rotatable bonds is 8. The SMILES string of the molecule is CCC(=O)c1ccc(OCC(=O)Nc2cccc(S(=O)(=O)N3CCOCC3)c2)cc1. The minimum absolute atomic E-state index is 0.0335. The Labute approximate surface area is 175 Å². The minimum Gasteiger partial charge on any atom is -0.484 e. The van der Waals surface area contributed by atoms with Crippen molar-refractivity contribution in [2.75, 3.05) is 38.2 Å². The van der Waals surface area contributed by atoms with Gasteiger partial charge in [-0.05, 0) is 42.5 Å². The maximum Gasteiger partial charge on any atom is 0.262 e. The summed E-state index contributed by atoms with van der Waals surface area (Å²) in [7, 11) is -3.65. The van der Waals surface area contributed by atoms with Crippen LogP contribution in [0.4, 0.5) is 5.69 Å². The third-order valence-corrected chi connectivity index (χ3v) is 6.49. The van der Waals surface area contributed by atoms with Crippen LogP contribution in [-0.4, -0.2) is 57.3 Å². The molecule has 0 aliphatic carbocycles. The number of hydrogen-bond acceptors (Lipinski definition) is 6. The van der Waals surface area contributed by atoms with Crippen LogP contribution in [0.1, 0.15) is 23.7 Å². The van der Waals surface area contributed by atoms with Gasteiger partial charge in [-0.1, -0.05) is 13.0 Å². The van der Waals surface area contributed by atoms with E-state index in [1.165, 1.54) is 16.4 Å². The standard InChI is InChI=1S/C21H24N2O6S/c1-2-20(24)16-6-8-18(9-7-16)29-15-21(25)22-17-4-3-5-19(14-17)30(26,27)23-10-12-28-13-11-23/h3-9,14H,2,10-13,15H2,1H3,(H,22,25). The van der Waals surface area contributed by atoms with Crippen LogP contribution < -0.4 is 10.1 Å². The molecule has 0 bridgehead atoms. The third kappa shape index (κ3) is 5.44. The second-order valence-corrected chi connectivity index (χ2v) is 8.62. The van der Waals surface area contributed by atoms with Crippen molar-refractivity contribution in [2.24, 2.45) is 0 Å². The molecule has 0 saturated carbocycles. The lowest BCUT2D eigenvalue weighted by Crippen LogP contribution is -2.40. The van der Waals surface area contributed by atoms with Crippen LogP contribution in [0.15, 0.2) is 53.4 Å². The smallest absolute Gasteiger partial charge is 0.262 e. The van der Waals surface area contributed by atoms with E-state index in [2.05, 4.69) is 5.32 Å². The van der Waals surface area contributed by atoms with Crippen LogP contribution in [0.25, 0.3) is 0 Å². The van der Waals surface area contributed by atoms with Gasteiger partial charge in [0.05, 0.1) is 18.1 Å². The van der Waals surface area contributed by atoms with E-state index in [-0.39, 0.29) is 17.3 Å². The summed E-state index contributed by atoms with van der Waals surface area (Å²) in [6.45, 7) is 2.87.